The largest absolute Gasteiger partial charge is 0.396 e. The van der Waals surface area contributed by atoms with E-state index in [1.54, 1.807) is 0 Å². The highest BCUT2D eigenvalue weighted by atomic mass is 32.2. The van der Waals surface area contributed by atoms with E-state index in [0.29, 0.717) is 12.8 Å². The van der Waals surface area contributed by atoms with E-state index in [9.17, 15) is 12.8 Å². The first-order valence-corrected chi connectivity index (χ1v) is 7.11. The first-order chi connectivity index (χ1) is 8.47. The van der Waals surface area contributed by atoms with E-state index in [2.05, 4.69) is 4.72 Å². The zero-order chi connectivity index (χ0) is 13.6. The third kappa shape index (κ3) is 4.25. The van der Waals surface area contributed by atoms with E-state index < -0.39 is 15.8 Å². The SMILES string of the molecule is Nc1ccc(S(=O)(=O)NCCCCCO)cc1F. The third-order valence-corrected chi connectivity index (χ3v) is 3.87. The van der Waals surface area contributed by atoms with Gasteiger partial charge in [0.1, 0.15) is 5.82 Å². The van der Waals surface area contributed by atoms with Crippen LogP contribution in [0.2, 0.25) is 0 Å². The number of nitrogens with one attached hydrogen (secondary N) is 1. The zero-order valence-corrected chi connectivity index (χ0v) is 10.7. The van der Waals surface area contributed by atoms with Crippen LogP contribution in [0.3, 0.4) is 0 Å². The lowest BCUT2D eigenvalue weighted by Gasteiger charge is -2.07. The molecule has 0 aliphatic carbocycles. The van der Waals surface area contributed by atoms with E-state index in [0.717, 1.165) is 12.5 Å². The van der Waals surface area contributed by atoms with Crippen LogP contribution in [-0.4, -0.2) is 26.7 Å². The topological polar surface area (TPSA) is 92.4 Å². The van der Waals surface area contributed by atoms with Crippen LogP contribution in [0.25, 0.3) is 0 Å². The fraction of sp³-hybridized carbons (Fsp3) is 0.455. The lowest BCUT2D eigenvalue weighted by molar-refractivity contribution is 0.283. The molecule has 0 radical (unpaired) electrons. The smallest absolute Gasteiger partial charge is 0.240 e. The molecule has 1 aromatic rings. The minimum Gasteiger partial charge on any atom is -0.396 e. The van der Waals surface area contributed by atoms with E-state index >= 15 is 0 Å². The maximum atomic E-state index is 13.2. The number of anilines is 1. The number of rotatable bonds is 7. The van der Waals surface area contributed by atoms with Crippen LogP contribution in [0.15, 0.2) is 23.1 Å². The average molecular weight is 276 g/mol. The third-order valence-electron chi connectivity index (χ3n) is 2.41. The summed E-state index contributed by atoms with van der Waals surface area (Å²) < 4.78 is 39.0. The molecular formula is C11H17FN2O3S. The van der Waals surface area contributed by atoms with Gasteiger partial charge in [-0.25, -0.2) is 17.5 Å². The quantitative estimate of drug-likeness (QED) is 0.508. The highest BCUT2D eigenvalue weighted by molar-refractivity contribution is 7.89. The Morgan fingerprint density at radius 1 is 1.28 bits per heavy atom. The first kappa shape index (κ1) is 14.9. The Kier molecular flexibility index (Phi) is 5.52. The highest BCUT2D eigenvalue weighted by Crippen LogP contribution is 2.16. The minimum absolute atomic E-state index is 0.0862. The number of halogens is 1. The molecule has 0 atom stereocenters. The monoisotopic (exact) mass is 276 g/mol. The number of aliphatic hydroxyl groups is 1. The van der Waals surface area contributed by atoms with Gasteiger partial charge in [-0.05, 0) is 37.5 Å². The molecule has 102 valence electrons. The summed E-state index contributed by atoms with van der Waals surface area (Å²) in [5, 5.41) is 8.57. The van der Waals surface area contributed by atoms with Crippen LogP contribution in [0, 0.1) is 5.82 Å². The van der Waals surface area contributed by atoms with E-state index in [4.69, 9.17) is 10.8 Å². The number of nitrogens with two attached hydrogens (primary N) is 1. The molecule has 0 aliphatic rings. The molecule has 0 aliphatic heterocycles. The van der Waals surface area contributed by atoms with Crippen LogP contribution in [0.5, 0.6) is 0 Å². The molecule has 7 heteroatoms. The van der Waals surface area contributed by atoms with Gasteiger partial charge in [0.2, 0.25) is 10.0 Å². The number of nitrogen functional groups attached to an aromatic ring is 1. The Balaban J connectivity index is 2.60. The summed E-state index contributed by atoms with van der Waals surface area (Å²) in [6.45, 7) is 0.351. The molecule has 0 saturated carbocycles. The molecule has 0 unspecified atom stereocenters. The lowest BCUT2D eigenvalue weighted by Crippen LogP contribution is -2.25. The summed E-state index contributed by atoms with van der Waals surface area (Å²) in [7, 11) is -3.69. The molecule has 0 fully saturated rings. The first-order valence-electron chi connectivity index (χ1n) is 5.63. The highest BCUT2D eigenvalue weighted by Gasteiger charge is 2.14. The van der Waals surface area contributed by atoms with Crippen molar-refractivity contribution in [2.45, 2.75) is 24.2 Å². The minimum atomic E-state index is -3.69. The van der Waals surface area contributed by atoms with Crippen molar-refractivity contribution in [1.82, 2.24) is 4.72 Å². The van der Waals surface area contributed by atoms with Gasteiger partial charge in [-0.1, -0.05) is 0 Å². The van der Waals surface area contributed by atoms with Gasteiger partial charge in [-0.15, -0.1) is 0 Å². The summed E-state index contributed by atoms with van der Waals surface area (Å²) in [6, 6.07) is 3.37. The molecule has 0 amide bonds. The number of hydrogen-bond donors (Lipinski definition) is 3. The van der Waals surface area contributed by atoms with Crippen molar-refractivity contribution in [2.24, 2.45) is 0 Å². The fourth-order valence-electron chi connectivity index (χ4n) is 1.38. The van der Waals surface area contributed by atoms with Crippen molar-refractivity contribution in [2.75, 3.05) is 18.9 Å². The predicted molar refractivity (Wildman–Crippen MR) is 66.9 cm³/mol. The molecular weight excluding hydrogens is 259 g/mol. The number of aliphatic hydroxyl groups excluding tert-OH is 1. The van der Waals surface area contributed by atoms with Gasteiger partial charge in [0.25, 0.3) is 0 Å². The average Bonchev–Trinajstić information content (AvgIpc) is 2.32. The summed E-state index contributed by atoms with van der Waals surface area (Å²) in [5.41, 5.74) is 5.19. The van der Waals surface area contributed by atoms with Crippen molar-refractivity contribution in [3.63, 3.8) is 0 Å². The number of hydrogen-bond acceptors (Lipinski definition) is 4. The molecule has 0 bridgehead atoms. The summed E-state index contributed by atoms with van der Waals surface area (Å²) in [5.74, 6) is -0.752. The van der Waals surface area contributed by atoms with Crippen molar-refractivity contribution in [1.29, 1.82) is 0 Å². The van der Waals surface area contributed by atoms with E-state index in [-0.39, 0.29) is 23.7 Å². The normalized spacial score (nSPS) is 11.7. The Bertz CT molecular complexity index is 491. The van der Waals surface area contributed by atoms with Gasteiger partial charge in [-0.2, -0.15) is 0 Å². The van der Waals surface area contributed by atoms with Crippen molar-refractivity contribution in [3.8, 4) is 0 Å². The van der Waals surface area contributed by atoms with Gasteiger partial charge in [0.15, 0.2) is 0 Å². The lowest BCUT2D eigenvalue weighted by atomic mass is 10.2. The Hall–Kier alpha value is -1.18. The van der Waals surface area contributed by atoms with Crippen LogP contribution in [0.1, 0.15) is 19.3 Å². The molecule has 5 nitrogen and oxygen atoms in total. The van der Waals surface area contributed by atoms with Gasteiger partial charge in [0.05, 0.1) is 10.6 Å². The molecule has 18 heavy (non-hydrogen) atoms. The van der Waals surface area contributed by atoms with Crippen molar-refractivity contribution >= 4 is 15.7 Å². The molecule has 1 aromatic carbocycles. The Morgan fingerprint density at radius 3 is 2.61 bits per heavy atom. The van der Waals surface area contributed by atoms with Crippen LogP contribution < -0.4 is 10.5 Å². The maximum absolute atomic E-state index is 13.2. The Morgan fingerprint density at radius 2 is 2.00 bits per heavy atom. The summed E-state index contributed by atoms with van der Waals surface area (Å²) in [4.78, 5) is -0.142. The summed E-state index contributed by atoms with van der Waals surface area (Å²) in [6.07, 6.45) is 1.99. The molecule has 0 saturated heterocycles. The zero-order valence-electron chi connectivity index (χ0n) is 9.89. The number of unbranched alkanes of at least 4 members (excludes halogenated alkanes) is 2. The van der Waals surface area contributed by atoms with Crippen LogP contribution in [-0.2, 0) is 10.0 Å². The van der Waals surface area contributed by atoms with Crippen molar-refractivity contribution in [3.05, 3.63) is 24.0 Å². The van der Waals surface area contributed by atoms with E-state index in [1.807, 2.05) is 0 Å². The second kappa shape index (κ2) is 6.67. The van der Waals surface area contributed by atoms with Gasteiger partial charge in [-0.3, -0.25) is 0 Å². The van der Waals surface area contributed by atoms with Crippen LogP contribution >= 0.6 is 0 Å². The molecule has 0 aromatic heterocycles. The molecule has 0 spiro atoms. The molecule has 4 N–H and O–H groups in total. The van der Waals surface area contributed by atoms with Crippen LogP contribution in [0.4, 0.5) is 10.1 Å². The standard InChI is InChI=1S/C11H17FN2O3S/c12-10-8-9(4-5-11(10)13)18(16,17)14-6-2-1-3-7-15/h4-5,8,14-15H,1-3,6-7,13H2. The second-order valence-electron chi connectivity index (χ2n) is 3.87. The predicted octanol–water partition coefficient (Wildman–Crippen LogP) is 0.849. The van der Waals surface area contributed by atoms with E-state index in [1.165, 1.54) is 12.1 Å². The number of sulfonamides is 1. The fourth-order valence-corrected chi connectivity index (χ4v) is 2.46. The summed E-state index contributed by atoms with van der Waals surface area (Å²) >= 11 is 0. The van der Waals surface area contributed by atoms with Gasteiger partial charge < -0.3 is 10.8 Å². The number of benzene rings is 1. The molecule has 1 rings (SSSR count). The van der Waals surface area contributed by atoms with Gasteiger partial charge >= 0.3 is 0 Å². The maximum Gasteiger partial charge on any atom is 0.240 e. The van der Waals surface area contributed by atoms with Crippen molar-refractivity contribution < 1.29 is 17.9 Å². The Labute approximate surface area is 106 Å². The second-order valence-corrected chi connectivity index (χ2v) is 5.63. The molecule has 0 heterocycles. The van der Waals surface area contributed by atoms with Gasteiger partial charge in [0, 0.05) is 13.2 Å².